The van der Waals surface area contributed by atoms with Gasteiger partial charge in [-0.15, -0.1) is 0 Å². The fourth-order valence-electron chi connectivity index (χ4n) is 2.44. The van der Waals surface area contributed by atoms with E-state index in [9.17, 15) is 10.2 Å². The number of nitrogens with zero attached hydrogens (tertiary/aromatic N) is 1. The highest BCUT2D eigenvalue weighted by Crippen LogP contribution is 2.09. The maximum absolute atomic E-state index is 9.50. The molecule has 2 unspecified atom stereocenters. The van der Waals surface area contributed by atoms with E-state index in [0.717, 1.165) is 19.4 Å². The second-order valence-corrected chi connectivity index (χ2v) is 5.91. The van der Waals surface area contributed by atoms with Crippen molar-refractivity contribution < 1.29 is 20.4 Å². The van der Waals surface area contributed by atoms with Crippen LogP contribution in [0.25, 0.3) is 0 Å². The van der Waals surface area contributed by atoms with Gasteiger partial charge in [0.25, 0.3) is 0 Å². The van der Waals surface area contributed by atoms with E-state index in [1.54, 1.807) is 0 Å². The lowest BCUT2D eigenvalue weighted by Gasteiger charge is -2.26. The van der Waals surface area contributed by atoms with Crippen molar-refractivity contribution >= 4 is 0 Å². The van der Waals surface area contributed by atoms with Gasteiger partial charge < -0.3 is 20.4 Å². The number of aliphatic hydroxyl groups is 4. The molecule has 4 N–H and O–H groups in total. The molecule has 0 spiro atoms. The molecule has 0 aliphatic heterocycles. The van der Waals surface area contributed by atoms with Gasteiger partial charge in [-0.3, -0.25) is 4.90 Å². The van der Waals surface area contributed by atoms with Crippen LogP contribution >= 0.6 is 0 Å². The van der Waals surface area contributed by atoms with Crippen molar-refractivity contribution in [1.29, 1.82) is 0 Å². The van der Waals surface area contributed by atoms with Crippen LogP contribution in [0, 0.1) is 0 Å². The van der Waals surface area contributed by atoms with Gasteiger partial charge in [-0.2, -0.15) is 0 Å². The molecule has 21 heavy (non-hydrogen) atoms. The lowest BCUT2D eigenvalue weighted by Crippen LogP contribution is -2.40. The average molecular weight is 305 g/mol. The lowest BCUT2D eigenvalue weighted by atomic mass is 10.1. The Labute approximate surface area is 129 Å². The summed E-state index contributed by atoms with van der Waals surface area (Å²) < 4.78 is 0. The third-order valence-corrected chi connectivity index (χ3v) is 3.69. The van der Waals surface area contributed by atoms with Gasteiger partial charge in [0.05, 0.1) is 25.4 Å². The predicted octanol–water partition coefficient (Wildman–Crippen LogP) is 1.14. The fourth-order valence-corrected chi connectivity index (χ4v) is 2.44. The quantitative estimate of drug-likeness (QED) is 0.341. The van der Waals surface area contributed by atoms with Crippen LogP contribution in [-0.2, 0) is 0 Å². The Bertz CT molecular complexity index is 204. The first-order valence-corrected chi connectivity index (χ1v) is 8.44. The molecule has 0 radical (unpaired) electrons. The van der Waals surface area contributed by atoms with Crippen molar-refractivity contribution in [3.63, 3.8) is 0 Å². The molecule has 0 aromatic heterocycles. The van der Waals surface area contributed by atoms with Gasteiger partial charge in [0.1, 0.15) is 0 Å². The molecule has 0 fully saturated rings. The first-order chi connectivity index (χ1) is 10.1. The molecule has 0 aromatic rings. The summed E-state index contributed by atoms with van der Waals surface area (Å²) in [5, 5.41) is 36.8. The largest absolute Gasteiger partial charge is 0.394 e. The van der Waals surface area contributed by atoms with E-state index in [4.69, 9.17) is 10.2 Å². The number of hydrogen-bond acceptors (Lipinski definition) is 5. The smallest absolute Gasteiger partial charge is 0.0897 e. The second kappa shape index (κ2) is 14.7. The van der Waals surface area contributed by atoms with Crippen LogP contribution < -0.4 is 0 Å². The molecule has 0 heterocycles. The van der Waals surface area contributed by atoms with Gasteiger partial charge >= 0.3 is 0 Å². The number of unbranched alkanes of at least 4 members (excludes halogenated alkanes) is 7. The summed E-state index contributed by atoms with van der Waals surface area (Å²) in [4.78, 5) is 1.92. The zero-order valence-corrected chi connectivity index (χ0v) is 13.6. The Kier molecular flexibility index (Phi) is 14.6. The van der Waals surface area contributed by atoms with E-state index in [2.05, 4.69) is 6.92 Å². The maximum atomic E-state index is 9.50. The van der Waals surface area contributed by atoms with E-state index in [1.165, 1.54) is 38.5 Å². The third-order valence-electron chi connectivity index (χ3n) is 3.69. The molecule has 2 atom stereocenters. The van der Waals surface area contributed by atoms with Gasteiger partial charge in [0, 0.05) is 13.1 Å². The van der Waals surface area contributed by atoms with Gasteiger partial charge in [0.2, 0.25) is 0 Å². The van der Waals surface area contributed by atoms with Gasteiger partial charge in [0.15, 0.2) is 0 Å². The third kappa shape index (κ3) is 13.2. The lowest BCUT2D eigenvalue weighted by molar-refractivity contribution is 0.0228. The molecule has 0 saturated carbocycles. The Morgan fingerprint density at radius 2 is 1.14 bits per heavy atom. The SMILES string of the molecule is CCCCCCCCCCN(CC(O)CO)CC(O)CO. The summed E-state index contributed by atoms with van der Waals surface area (Å²) in [6, 6.07) is 0. The van der Waals surface area contributed by atoms with E-state index in [1.807, 2.05) is 4.90 Å². The highest BCUT2D eigenvalue weighted by molar-refractivity contribution is 4.68. The molecule has 0 amide bonds. The average Bonchev–Trinajstić information content (AvgIpc) is 2.49. The molecule has 0 aliphatic carbocycles. The topological polar surface area (TPSA) is 84.2 Å². The van der Waals surface area contributed by atoms with Crippen molar-refractivity contribution in [2.24, 2.45) is 0 Å². The minimum absolute atomic E-state index is 0.275. The van der Waals surface area contributed by atoms with Crippen molar-refractivity contribution in [2.75, 3.05) is 32.8 Å². The van der Waals surface area contributed by atoms with Gasteiger partial charge in [-0.05, 0) is 13.0 Å². The van der Waals surface area contributed by atoms with Crippen LogP contribution in [0.2, 0.25) is 0 Å². The second-order valence-electron chi connectivity index (χ2n) is 5.91. The first kappa shape index (κ1) is 20.8. The van der Waals surface area contributed by atoms with Crippen LogP contribution in [0.15, 0.2) is 0 Å². The standard InChI is InChI=1S/C16H35NO4/c1-2-3-4-5-6-7-8-9-10-17(11-15(20)13-18)12-16(21)14-19/h15-16,18-21H,2-14H2,1H3. The highest BCUT2D eigenvalue weighted by Gasteiger charge is 2.14. The number of hydrogen-bond donors (Lipinski definition) is 4. The summed E-state index contributed by atoms with van der Waals surface area (Å²) >= 11 is 0. The van der Waals surface area contributed by atoms with Crippen LogP contribution in [0.1, 0.15) is 58.3 Å². The number of aliphatic hydroxyl groups excluding tert-OH is 4. The van der Waals surface area contributed by atoms with E-state index >= 15 is 0 Å². The Morgan fingerprint density at radius 1 is 0.714 bits per heavy atom. The first-order valence-electron chi connectivity index (χ1n) is 8.44. The summed E-state index contributed by atoms with van der Waals surface area (Å²) in [7, 11) is 0. The molecule has 0 aromatic carbocycles. The van der Waals surface area contributed by atoms with E-state index in [0.29, 0.717) is 13.1 Å². The van der Waals surface area contributed by atoms with Gasteiger partial charge in [-0.25, -0.2) is 0 Å². The molecule has 128 valence electrons. The van der Waals surface area contributed by atoms with Crippen LogP contribution in [-0.4, -0.2) is 70.4 Å². The maximum Gasteiger partial charge on any atom is 0.0897 e. The zero-order chi connectivity index (χ0) is 15.9. The zero-order valence-electron chi connectivity index (χ0n) is 13.6. The van der Waals surface area contributed by atoms with Crippen LogP contribution in [0.3, 0.4) is 0 Å². The van der Waals surface area contributed by atoms with E-state index in [-0.39, 0.29) is 13.2 Å². The molecule has 5 heteroatoms. The molecular formula is C16H35NO4. The Hall–Kier alpha value is -0.200. The summed E-state index contributed by atoms with van der Waals surface area (Å²) in [6.07, 6.45) is 8.33. The molecule has 5 nitrogen and oxygen atoms in total. The molecule has 0 saturated heterocycles. The summed E-state index contributed by atoms with van der Waals surface area (Å²) in [5.41, 5.74) is 0. The minimum Gasteiger partial charge on any atom is -0.394 e. The minimum atomic E-state index is -0.787. The van der Waals surface area contributed by atoms with Crippen molar-refractivity contribution in [3.05, 3.63) is 0 Å². The summed E-state index contributed by atoms with van der Waals surface area (Å²) in [6.45, 7) is 3.12. The predicted molar refractivity (Wildman–Crippen MR) is 85.2 cm³/mol. The Balaban J connectivity index is 3.74. The van der Waals surface area contributed by atoms with Crippen molar-refractivity contribution in [1.82, 2.24) is 4.90 Å². The van der Waals surface area contributed by atoms with Gasteiger partial charge in [-0.1, -0.05) is 51.9 Å². The molecule has 0 rings (SSSR count). The monoisotopic (exact) mass is 305 g/mol. The van der Waals surface area contributed by atoms with Crippen LogP contribution in [0.4, 0.5) is 0 Å². The fraction of sp³-hybridized carbons (Fsp3) is 1.00. The van der Waals surface area contributed by atoms with Crippen molar-refractivity contribution in [2.45, 2.75) is 70.5 Å². The number of rotatable bonds is 15. The van der Waals surface area contributed by atoms with E-state index < -0.39 is 12.2 Å². The van der Waals surface area contributed by atoms with Crippen molar-refractivity contribution in [3.8, 4) is 0 Å². The highest BCUT2D eigenvalue weighted by atomic mass is 16.3. The Morgan fingerprint density at radius 3 is 1.57 bits per heavy atom. The normalized spacial score (nSPS) is 14.6. The van der Waals surface area contributed by atoms with Crippen LogP contribution in [0.5, 0.6) is 0 Å². The summed E-state index contributed by atoms with van der Waals surface area (Å²) in [5.74, 6) is 0. The molecule has 0 bridgehead atoms. The molecule has 0 aliphatic rings. The molecular weight excluding hydrogens is 270 g/mol.